The van der Waals surface area contributed by atoms with Gasteiger partial charge < -0.3 is 0 Å². The van der Waals surface area contributed by atoms with Crippen molar-refractivity contribution in [3.63, 3.8) is 0 Å². The Kier molecular flexibility index (Phi) is 2.96. The molecule has 0 atom stereocenters. The molecule has 0 aliphatic heterocycles. The first-order valence-electron chi connectivity index (χ1n) is 7.78. The molecule has 0 amide bonds. The van der Waals surface area contributed by atoms with E-state index in [0.29, 0.717) is 0 Å². The number of benzene rings is 2. The largest absolute Gasteiger partial charge is 0.297 e. The van der Waals surface area contributed by atoms with Gasteiger partial charge in [-0.05, 0) is 24.3 Å². The van der Waals surface area contributed by atoms with E-state index < -0.39 is 0 Å². The fourth-order valence-corrected chi connectivity index (χ4v) is 3.98. The zero-order chi connectivity index (χ0) is 15.9. The minimum atomic E-state index is 0.936. The van der Waals surface area contributed by atoms with E-state index in [2.05, 4.69) is 40.9 Å². The second-order valence-corrected chi connectivity index (χ2v) is 6.62. The van der Waals surface area contributed by atoms with Gasteiger partial charge in [-0.15, -0.1) is 11.3 Å². The molecular formula is C20H13N3S. The fraction of sp³-hybridized carbons (Fsp3) is 0. The van der Waals surface area contributed by atoms with Gasteiger partial charge in [0, 0.05) is 11.8 Å². The molecule has 0 aliphatic rings. The molecule has 0 spiro atoms. The van der Waals surface area contributed by atoms with Crippen LogP contribution in [0.15, 0.2) is 79.0 Å². The van der Waals surface area contributed by atoms with Crippen LogP contribution in [0.25, 0.3) is 37.8 Å². The Labute approximate surface area is 142 Å². The van der Waals surface area contributed by atoms with Gasteiger partial charge in [0.1, 0.15) is 16.3 Å². The number of fused-ring (bicyclic) bond motifs is 2. The van der Waals surface area contributed by atoms with Crippen LogP contribution in [0, 0.1) is 0 Å². The van der Waals surface area contributed by atoms with Gasteiger partial charge in [-0.3, -0.25) is 4.40 Å². The third-order valence-corrected chi connectivity index (χ3v) is 5.12. The van der Waals surface area contributed by atoms with Crippen LogP contribution in [0.3, 0.4) is 0 Å². The number of hydrogen-bond acceptors (Lipinski definition) is 3. The van der Waals surface area contributed by atoms with Crippen molar-refractivity contribution in [2.24, 2.45) is 0 Å². The Morgan fingerprint density at radius 3 is 2.42 bits per heavy atom. The number of nitrogens with zero attached hydrogens (tertiary/aromatic N) is 3. The number of rotatable bonds is 2. The van der Waals surface area contributed by atoms with E-state index in [9.17, 15) is 0 Å². The summed E-state index contributed by atoms with van der Waals surface area (Å²) in [7, 11) is 0. The second-order valence-electron chi connectivity index (χ2n) is 5.59. The summed E-state index contributed by atoms with van der Waals surface area (Å²) >= 11 is 1.71. The SMILES string of the molecule is c1ccc(-c2nc3ccccn3c2-c2nc3ccccc3s2)cc1. The zero-order valence-corrected chi connectivity index (χ0v) is 13.6. The third-order valence-electron chi connectivity index (χ3n) is 4.07. The maximum absolute atomic E-state index is 4.86. The Morgan fingerprint density at radius 1 is 0.750 bits per heavy atom. The molecule has 0 N–H and O–H groups in total. The lowest BCUT2D eigenvalue weighted by atomic mass is 10.1. The Hall–Kier alpha value is -2.98. The normalized spacial score (nSPS) is 11.3. The predicted molar refractivity (Wildman–Crippen MR) is 99.2 cm³/mol. The minimum absolute atomic E-state index is 0.936. The van der Waals surface area contributed by atoms with Gasteiger partial charge in [0.2, 0.25) is 0 Å². The first-order chi connectivity index (χ1) is 11.9. The highest BCUT2D eigenvalue weighted by Crippen LogP contribution is 2.36. The number of hydrogen-bond donors (Lipinski definition) is 0. The van der Waals surface area contributed by atoms with E-state index in [1.807, 2.05) is 42.5 Å². The highest BCUT2D eigenvalue weighted by molar-refractivity contribution is 7.21. The molecule has 5 aromatic rings. The topological polar surface area (TPSA) is 30.2 Å². The first-order valence-corrected chi connectivity index (χ1v) is 8.60. The van der Waals surface area contributed by atoms with E-state index in [-0.39, 0.29) is 0 Å². The van der Waals surface area contributed by atoms with Crippen molar-refractivity contribution in [1.82, 2.24) is 14.4 Å². The molecule has 3 heterocycles. The lowest BCUT2D eigenvalue weighted by Gasteiger charge is -2.02. The Bertz CT molecular complexity index is 1120. The predicted octanol–water partition coefficient (Wildman–Crippen LogP) is 5.28. The zero-order valence-electron chi connectivity index (χ0n) is 12.8. The van der Waals surface area contributed by atoms with Crippen molar-refractivity contribution in [2.45, 2.75) is 0 Å². The van der Waals surface area contributed by atoms with E-state index in [1.54, 1.807) is 11.3 Å². The van der Waals surface area contributed by atoms with Crippen LogP contribution in [0.5, 0.6) is 0 Å². The molecule has 24 heavy (non-hydrogen) atoms. The number of imidazole rings is 1. The van der Waals surface area contributed by atoms with E-state index in [0.717, 1.165) is 33.1 Å². The van der Waals surface area contributed by atoms with Crippen molar-refractivity contribution in [1.29, 1.82) is 0 Å². The van der Waals surface area contributed by atoms with Crippen LogP contribution in [-0.2, 0) is 0 Å². The lowest BCUT2D eigenvalue weighted by molar-refractivity contribution is 1.18. The molecule has 3 aromatic heterocycles. The van der Waals surface area contributed by atoms with Crippen molar-refractivity contribution in [3.8, 4) is 22.0 Å². The Morgan fingerprint density at radius 2 is 1.54 bits per heavy atom. The molecule has 0 aliphatic carbocycles. The fourth-order valence-electron chi connectivity index (χ4n) is 2.97. The summed E-state index contributed by atoms with van der Waals surface area (Å²) in [5, 5.41) is 0.994. The first kappa shape index (κ1) is 13.5. The van der Waals surface area contributed by atoms with Crippen LogP contribution >= 0.6 is 11.3 Å². The van der Waals surface area contributed by atoms with E-state index in [1.165, 1.54) is 4.70 Å². The highest BCUT2D eigenvalue weighted by atomic mass is 32.1. The number of thiazole rings is 1. The average molecular weight is 327 g/mol. The molecule has 0 saturated carbocycles. The number of pyridine rings is 1. The van der Waals surface area contributed by atoms with Crippen LogP contribution < -0.4 is 0 Å². The van der Waals surface area contributed by atoms with Gasteiger partial charge in [-0.2, -0.15) is 0 Å². The second kappa shape index (κ2) is 5.28. The summed E-state index contributed by atoms with van der Waals surface area (Å²) in [5.74, 6) is 0. The molecule has 0 bridgehead atoms. The molecule has 0 saturated heterocycles. The summed E-state index contributed by atoms with van der Waals surface area (Å²) in [5.41, 5.74) is 5.10. The van der Waals surface area contributed by atoms with Gasteiger partial charge in [0.25, 0.3) is 0 Å². The van der Waals surface area contributed by atoms with Crippen molar-refractivity contribution < 1.29 is 0 Å². The molecule has 0 fully saturated rings. The smallest absolute Gasteiger partial charge is 0.143 e. The van der Waals surface area contributed by atoms with Crippen molar-refractivity contribution >= 4 is 27.2 Å². The van der Waals surface area contributed by atoms with Gasteiger partial charge in [-0.1, -0.05) is 48.5 Å². The van der Waals surface area contributed by atoms with Crippen molar-refractivity contribution in [2.75, 3.05) is 0 Å². The average Bonchev–Trinajstić information content (AvgIpc) is 3.23. The summed E-state index contributed by atoms with van der Waals surface area (Å²) in [4.78, 5) is 9.71. The monoisotopic (exact) mass is 327 g/mol. The summed E-state index contributed by atoms with van der Waals surface area (Å²) in [6.07, 6.45) is 2.05. The number of para-hydroxylation sites is 1. The van der Waals surface area contributed by atoms with Gasteiger partial charge >= 0.3 is 0 Å². The summed E-state index contributed by atoms with van der Waals surface area (Å²) < 4.78 is 3.32. The van der Waals surface area contributed by atoms with Gasteiger partial charge in [-0.25, -0.2) is 9.97 Å². The third kappa shape index (κ3) is 2.04. The molecular weight excluding hydrogens is 314 g/mol. The quantitative estimate of drug-likeness (QED) is 0.442. The summed E-state index contributed by atoms with van der Waals surface area (Å²) in [6, 6.07) is 24.6. The maximum atomic E-state index is 4.86. The Balaban J connectivity index is 1.86. The molecule has 114 valence electrons. The van der Waals surface area contributed by atoms with Crippen LogP contribution in [0.1, 0.15) is 0 Å². The molecule has 2 aromatic carbocycles. The lowest BCUT2D eigenvalue weighted by Crippen LogP contribution is -1.88. The number of aromatic nitrogens is 3. The molecule has 3 nitrogen and oxygen atoms in total. The molecule has 5 rings (SSSR count). The summed E-state index contributed by atoms with van der Waals surface area (Å²) in [6.45, 7) is 0. The molecule has 4 heteroatoms. The molecule has 0 radical (unpaired) electrons. The van der Waals surface area contributed by atoms with Gasteiger partial charge in [0.15, 0.2) is 0 Å². The van der Waals surface area contributed by atoms with Gasteiger partial charge in [0.05, 0.1) is 15.9 Å². The van der Waals surface area contributed by atoms with Crippen LogP contribution in [0.4, 0.5) is 0 Å². The standard InChI is InChI=1S/C20H13N3S/c1-2-8-14(9-3-1)18-19(23-13-7-6-12-17(23)22-18)20-21-15-10-4-5-11-16(15)24-20/h1-13H. The molecule has 0 unspecified atom stereocenters. The van der Waals surface area contributed by atoms with Crippen LogP contribution in [-0.4, -0.2) is 14.4 Å². The maximum Gasteiger partial charge on any atom is 0.143 e. The van der Waals surface area contributed by atoms with E-state index in [4.69, 9.17) is 9.97 Å². The minimum Gasteiger partial charge on any atom is -0.297 e. The van der Waals surface area contributed by atoms with E-state index >= 15 is 0 Å². The van der Waals surface area contributed by atoms with Crippen molar-refractivity contribution in [3.05, 3.63) is 79.0 Å². The van der Waals surface area contributed by atoms with Crippen LogP contribution in [0.2, 0.25) is 0 Å². The highest BCUT2D eigenvalue weighted by Gasteiger charge is 2.18.